The highest BCUT2D eigenvalue weighted by Gasteiger charge is 2.14. The maximum Gasteiger partial charge on any atom is 0.0843 e. The second-order valence-corrected chi connectivity index (χ2v) is 6.53. The smallest absolute Gasteiger partial charge is 0.0843 e. The minimum Gasteiger partial charge on any atom is -0.390 e. The van der Waals surface area contributed by atoms with E-state index >= 15 is 0 Å². The molecule has 1 heterocycles. The van der Waals surface area contributed by atoms with Crippen LogP contribution in [0.4, 0.5) is 0 Å². The average Bonchev–Trinajstić information content (AvgIpc) is 2.86. The third-order valence-corrected chi connectivity index (χ3v) is 4.90. The van der Waals surface area contributed by atoms with E-state index in [9.17, 15) is 5.11 Å². The average molecular weight is 322 g/mol. The zero-order chi connectivity index (χ0) is 17.1. The largest absolute Gasteiger partial charge is 0.390 e. The number of aromatic nitrogens is 1. The number of hydrogen-bond donors (Lipinski definition) is 2. The lowest BCUT2D eigenvalue weighted by molar-refractivity contribution is 0.149. The van der Waals surface area contributed by atoms with E-state index in [4.69, 9.17) is 0 Å². The van der Waals surface area contributed by atoms with Gasteiger partial charge < -0.3 is 15.0 Å². The van der Waals surface area contributed by atoms with E-state index in [2.05, 4.69) is 67.1 Å². The van der Waals surface area contributed by atoms with Crippen LogP contribution in [0.2, 0.25) is 0 Å². The first-order valence-corrected chi connectivity index (χ1v) is 8.58. The van der Waals surface area contributed by atoms with Crippen molar-refractivity contribution in [1.29, 1.82) is 0 Å². The molecule has 0 saturated heterocycles. The van der Waals surface area contributed by atoms with Gasteiger partial charge in [0.25, 0.3) is 0 Å². The Morgan fingerprint density at radius 2 is 1.67 bits per heavy atom. The maximum absolute atomic E-state index is 10.5. The lowest BCUT2D eigenvalue weighted by atomic mass is 10.1. The fraction of sp³-hybridized carbons (Fsp3) is 0.333. The fourth-order valence-electron chi connectivity index (χ4n) is 3.29. The van der Waals surface area contributed by atoms with Crippen LogP contribution in [0.5, 0.6) is 0 Å². The molecule has 0 aliphatic rings. The van der Waals surface area contributed by atoms with Crippen molar-refractivity contribution >= 4 is 10.9 Å². The van der Waals surface area contributed by atoms with Crippen LogP contribution in [0.15, 0.2) is 54.6 Å². The predicted molar refractivity (Wildman–Crippen MR) is 100 cm³/mol. The Bertz CT molecular complexity index is 807. The van der Waals surface area contributed by atoms with Crippen LogP contribution in [0, 0.1) is 13.8 Å². The Balaban J connectivity index is 1.67. The molecule has 3 nitrogen and oxygen atoms in total. The van der Waals surface area contributed by atoms with Gasteiger partial charge in [-0.05, 0) is 38.0 Å². The number of nitrogens with one attached hydrogen (secondary N) is 1. The molecule has 3 rings (SSSR count). The van der Waals surface area contributed by atoms with Gasteiger partial charge in [-0.25, -0.2) is 0 Å². The van der Waals surface area contributed by atoms with Crippen molar-refractivity contribution < 1.29 is 5.11 Å². The topological polar surface area (TPSA) is 37.2 Å². The van der Waals surface area contributed by atoms with Gasteiger partial charge in [-0.3, -0.25) is 0 Å². The van der Waals surface area contributed by atoms with Gasteiger partial charge in [0.05, 0.1) is 12.6 Å². The molecule has 0 unspecified atom stereocenters. The van der Waals surface area contributed by atoms with Crippen molar-refractivity contribution in [3.63, 3.8) is 0 Å². The first-order chi connectivity index (χ1) is 11.6. The summed E-state index contributed by atoms with van der Waals surface area (Å²) in [6, 6.07) is 19.0. The molecule has 2 N–H and O–H groups in total. The van der Waals surface area contributed by atoms with Crippen LogP contribution in [-0.2, 0) is 6.54 Å². The molecule has 24 heavy (non-hydrogen) atoms. The Labute approximate surface area is 143 Å². The number of hydrogen-bond acceptors (Lipinski definition) is 2. The van der Waals surface area contributed by atoms with Gasteiger partial charge in [0.15, 0.2) is 0 Å². The summed E-state index contributed by atoms with van der Waals surface area (Å²) in [5.41, 5.74) is 4.96. The molecular weight excluding hydrogens is 296 g/mol. The van der Waals surface area contributed by atoms with E-state index in [1.165, 1.54) is 27.7 Å². The summed E-state index contributed by atoms with van der Waals surface area (Å²) in [5.74, 6) is 0. The van der Waals surface area contributed by atoms with Crippen molar-refractivity contribution in [3.8, 4) is 0 Å². The maximum atomic E-state index is 10.5. The molecule has 0 saturated carbocycles. The molecule has 0 bridgehead atoms. The molecule has 3 heteroatoms. The Kier molecular flexibility index (Phi) is 5.03. The van der Waals surface area contributed by atoms with Gasteiger partial charge in [0.2, 0.25) is 0 Å². The van der Waals surface area contributed by atoms with E-state index in [1.54, 1.807) is 0 Å². The Morgan fingerprint density at radius 1 is 1.00 bits per heavy atom. The van der Waals surface area contributed by atoms with E-state index in [-0.39, 0.29) is 6.04 Å². The Morgan fingerprint density at radius 3 is 2.42 bits per heavy atom. The molecule has 2 atom stereocenters. The SMILES string of the molecule is Cc1c(C)n(C[C@@H](O)CN[C@@H](C)c2ccccc2)c2ccccc12. The van der Waals surface area contributed by atoms with Gasteiger partial charge in [0, 0.05) is 29.2 Å². The number of rotatable bonds is 6. The molecule has 2 aromatic carbocycles. The monoisotopic (exact) mass is 322 g/mol. The van der Waals surface area contributed by atoms with Crippen LogP contribution in [-0.4, -0.2) is 22.3 Å². The molecule has 126 valence electrons. The van der Waals surface area contributed by atoms with Gasteiger partial charge in [-0.1, -0.05) is 48.5 Å². The highest BCUT2D eigenvalue weighted by Crippen LogP contribution is 2.25. The third kappa shape index (κ3) is 3.37. The van der Waals surface area contributed by atoms with Crippen molar-refractivity contribution in [3.05, 3.63) is 71.4 Å². The van der Waals surface area contributed by atoms with Crippen molar-refractivity contribution in [2.75, 3.05) is 6.54 Å². The van der Waals surface area contributed by atoms with Gasteiger partial charge >= 0.3 is 0 Å². The summed E-state index contributed by atoms with van der Waals surface area (Å²) in [7, 11) is 0. The summed E-state index contributed by atoms with van der Waals surface area (Å²) in [5, 5.41) is 15.2. The van der Waals surface area contributed by atoms with E-state index in [1.807, 2.05) is 18.2 Å². The van der Waals surface area contributed by atoms with E-state index in [0.717, 1.165) is 0 Å². The quantitative estimate of drug-likeness (QED) is 0.720. The van der Waals surface area contributed by atoms with Gasteiger partial charge in [0.1, 0.15) is 0 Å². The molecule has 0 aliphatic carbocycles. The predicted octanol–water partition coefficient (Wildman–Crippen LogP) is 3.97. The molecule has 0 fully saturated rings. The van der Waals surface area contributed by atoms with E-state index < -0.39 is 6.10 Å². The van der Waals surface area contributed by atoms with Crippen LogP contribution in [0.25, 0.3) is 10.9 Å². The normalized spacial score (nSPS) is 14.0. The highest BCUT2D eigenvalue weighted by molar-refractivity contribution is 5.85. The highest BCUT2D eigenvalue weighted by atomic mass is 16.3. The summed E-state index contributed by atoms with van der Waals surface area (Å²) in [4.78, 5) is 0. The Hall–Kier alpha value is -2.10. The first-order valence-electron chi connectivity index (χ1n) is 8.58. The number of para-hydroxylation sites is 1. The molecule has 0 aliphatic heterocycles. The van der Waals surface area contributed by atoms with Crippen LogP contribution >= 0.6 is 0 Å². The number of benzene rings is 2. The number of aliphatic hydroxyl groups excluding tert-OH is 1. The van der Waals surface area contributed by atoms with E-state index in [0.29, 0.717) is 13.1 Å². The van der Waals surface area contributed by atoms with Crippen LogP contribution in [0.3, 0.4) is 0 Å². The summed E-state index contributed by atoms with van der Waals surface area (Å²) in [6.07, 6.45) is -0.426. The zero-order valence-corrected chi connectivity index (χ0v) is 14.7. The summed E-state index contributed by atoms with van der Waals surface area (Å²) < 4.78 is 2.23. The zero-order valence-electron chi connectivity index (χ0n) is 14.7. The minimum absolute atomic E-state index is 0.227. The first kappa shape index (κ1) is 16.7. The number of fused-ring (bicyclic) bond motifs is 1. The molecular formula is C21H26N2O. The van der Waals surface area contributed by atoms with Crippen molar-refractivity contribution in [1.82, 2.24) is 9.88 Å². The molecule has 0 radical (unpaired) electrons. The van der Waals surface area contributed by atoms with Gasteiger partial charge in [-0.2, -0.15) is 0 Å². The number of aliphatic hydroxyl groups is 1. The lowest BCUT2D eigenvalue weighted by Crippen LogP contribution is -2.32. The molecule has 0 amide bonds. The van der Waals surface area contributed by atoms with Crippen molar-refractivity contribution in [2.24, 2.45) is 0 Å². The molecule has 0 spiro atoms. The molecule has 3 aromatic rings. The summed E-state index contributed by atoms with van der Waals surface area (Å²) >= 11 is 0. The lowest BCUT2D eigenvalue weighted by Gasteiger charge is -2.19. The van der Waals surface area contributed by atoms with Crippen LogP contribution < -0.4 is 5.32 Å². The molecule has 1 aromatic heterocycles. The second-order valence-electron chi connectivity index (χ2n) is 6.53. The van der Waals surface area contributed by atoms with Crippen molar-refractivity contribution in [2.45, 2.75) is 39.5 Å². The summed E-state index contributed by atoms with van der Waals surface area (Å²) in [6.45, 7) is 7.58. The van der Waals surface area contributed by atoms with Crippen LogP contribution in [0.1, 0.15) is 29.8 Å². The third-order valence-electron chi connectivity index (χ3n) is 4.90. The number of nitrogens with zero attached hydrogens (tertiary/aromatic N) is 1. The fourth-order valence-corrected chi connectivity index (χ4v) is 3.29. The minimum atomic E-state index is -0.426. The second kappa shape index (κ2) is 7.20. The number of aryl methyl sites for hydroxylation is 1. The van der Waals surface area contributed by atoms with Gasteiger partial charge in [-0.15, -0.1) is 0 Å². The standard InChI is InChI=1S/C21H26N2O/c1-15-17(3)23(21-12-8-7-11-20(15)21)14-19(24)13-22-16(2)18-9-5-4-6-10-18/h4-12,16,19,22,24H,13-14H2,1-3H3/t16-,19-/m0/s1.